The lowest BCUT2D eigenvalue weighted by atomic mass is 9.91. The number of rotatable bonds is 4. The molecule has 1 heterocycles. The molecule has 2 unspecified atom stereocenters. The van der Waals surface area contributed by atoms with Gasteiger partial charge in [-0.15, -0.1) is 0 Å². The van der Waals surface area contributed by atoms with Crippen LogP contribution >= 0.6 is 0 Å². The number of nitrogens with zero attached hydrogens (tertiary/aromatic N) is 1. The fourth-order valence-electron chi connectivity index (χ4n) is 2.52. The Kier molecular flexibility index (Phi) is 6.38. The van der Waals surface area contributed by atoms with Crippen LogP contribution in [0.25, 0.3) is 0 Å². The first-order chi connectivity index (χ1) is 10.2. The Labute approximate surface area is 132 Å². The lowest BCUT2D eigenvalue weighted by Crippen LogP contribution is -2.55. The molecule has 2 amide bonds. The van der Waals surface area contributed by atoms with E-state index < -0.39 is 5.41 Å². The van der Waals surface area contributed by atoms with E-state index in [9.17, 15) is 14.4 Å². The maximum absolute atomic E-state index is 12.2. The Morgan fingerprint density at radius 2 is 1.86 bits per heavy atom. The number of amides is 2. The number of carbonyl (C=O) groups excluding carboxylic acids is 3. The van der Waals surface area contributed by atoms with Crippen LogP contribution < -0.4 is 5.32 Å². The van der Waals surface area contributed by atoms with Crippen LogP contribution in [0.15, 0.2) is 0 Å². The predicted molar refractivity (Wildman–Crippen MR) is 83.0 cm³/mol. The molecule has 0 bridgehead atoms. The van der Waals surface area contributed by atoms with Gasteiger partial charge in [-0.1, -0.05) is 27.7 Å². The van der Waals surface area contributed by atoms with Crippen molar-refractivity contribution in [2.24, 2.45) is 11.3 Å². The number of esters is 1. The lowest BCUT2D eigenvalue weighted by molar-refractivity contribution is -0.150. The van der Waals surface area contributed by atoms with Gasteiger partial charge in [0.2, 0.25) is 11.8 Å². The molecule has 0 aromatic heterocycles. The van der Waals surface area contributed by atoms with Gasteiger partial charge in [-0.2, -0.15) is 0 Å². The molecule has 1 aliphatic rings. The monoisotopic (exact) mass is 312 g/mol. The molecule has 0 spiro atoms. The predicted octanol–water partition coefficient (Wildman–Crippen LogP) is 1.34. The van der Waals surface area contributed by atoms with E-state index in [-0.39, 0.29) is 29.7 Å². The molecule has 0 saturated carbocycles. The van der Waals surface area contributed by atoms with E-state index in [0.29, 0.717) is 25.9 Å². The third kappa shape index (κ3) is 5.00. The maximum Gasteiger partial charge on any atom is 0.310 e. The summed E-state index contributed by atoms with van der Waals surface area (Å²) in [6.45, 7) is 8.27. The quantitative estimate of drug-likeness (QED) is 0.795. The molecule has 1 N–H and O–H groups in total. The SMILES string of the molecule is CCCC(=O)N1CC(NC(=O)C(C)(C)C)CC(C(=O)OC)C1. The summed E-state index contributed by atoms with van der Waals surface area (Å²) in [5.74, 6) is -0.772. The van der Waals surface area contributed by atoms with Crippen LogP contribution in [0.1, 0.15) is 47.0 Å². The standard InChI is InChI=1S/C16H28N2O4/c1-6-7-13(19)18-9-11(14(20)22-5)8-12(10-18)17-15(21)16(2,3)4/h11-12H,6-10H2,1-5H3,(H,17,21). The number of methoxy groups -OCH3 is 1. The van der Waals surface area contributed by atoms with E-state index in [1.54, 1.807) is 4.90 Å². The molecule has 6 nitrogen and oxygen atoms in total. The van der Waals surface area contributed by atoms with Crippen LogP contribution in [0.5, 0.6) is 0 Å². The van der Waals surface area contributed by atoms with Gasteiger partial charge in [-0.05, 0) is 12.8 Å². The average Bonchev–Trinajstić information content (AvgIpc) is 2.45. The number of ether oxygens (including phenoxy) is 1. The molecule has 0 aromatic rings. The fourth-order valence-corrected chi connectivity index (χ4v) is 2.52. The first kappa shape index (κ1) is 18.5. The van der Waals surface area contributed by atoms with Crippen LogP contribution in [0.3, 0.4) is 0 Å². The number of carbonyl (C=O) groups is 3. The molecular formula is C16H28N2O4. The summed E-state index contributed by atoms with van der Waals surface area (Å²) in [5, 5.41) is 2.95. The van der Waals surface area contributed by atoms with Gasteiger partial charge in [0.25, 0.3) is 0 Å². The number of piperidine rings is 1. The van der Waals surface area contributed by atoms with E-state index in [0.717, 1.165) is 6.42 Å². The molecule has 1 fully saturated rings. The van der Waals surface area contributed by atoms with Crippen molar-refractivity contribution in [2.75, 3.05) is 20.2 Å². The highest BCUT2D eigenvalue weighted by Gasteiger charge is 2.36. The zero-order chi connectivity index (χ0) is 16.9. The van der Waals surface area contributed by atoms with Gasteiger partial charge in [0, 0.05) is 31.0 Å². The van der Waals surface area contributed by atoms with Crippen molar-refractivity contribution in [3.8, 4) is 0 Å². The van der Waals surface area contributed by atoms with Gasteiger partial charge in [-0.25, -0.2) is 0 Å². The van der Waals surface area contributed by atoms with E-state index in [1.807, 2.05) is 27.7 Å². The zero-order valence-electron chi connectivity index (χ0n) is 14.3. The second kappa shape index (κ2) is 7.61. The zero-order valence-corrected chi connectivity index (χ0v) is 14.3. The molecule has 2 atom stereocenters. The molecule has 0 aromatic carbocycles. The Morgan fingerprint density at radius 3 is 2.36 bits per heavy atom. The highest BCUT2D eigenvalue weighted by Crippen LogP contribution is 2.21. The normalized spacial score (nSPS) is 22.1. The second-order valence-electron chi connectivity index (χ2n) is 6.92. The van der Waals surface area contributed by atoms with Gasteiger partial charge < -0.3 is 15.0 Å². The fraction of sp³-hybridized carbons (Fsp3) is 0.812. The molecule has 1 rings (SSSR count). The minimum absolute atomic E-state index is 0.0195. The Balaban J connectivity index is 2.81. The van der Waals surface area contributed by atoms with Gasteiger partial charge >= 0.3 is 5.97 Å². The first-order valence-electron chi connectivity index (χ1n) is 7.85. The highest BCUT2D eigenvalue weighted by molar-refractivity contribution is 5.82. The summed E-state index contributed by atoms with van der Waals surface area (Å²) in [6.07, 6.45) is 1.72. The largest absolute Gasteiger partial charge is 0.469 e. The summed E-state index contributed by atoms with van der Waals surface area (Å²) in [7, 11) is 1.35. The van der Waals surface area contributed by atoms with Crippen molar-refractivity contribution in [3.63, 3.8) is 0 Å². The van der Waals surface area contributed by atoms with Gasteiger partial charge in [0.1, 0.15) is 0 Å². The van der Waals surface area contributed by atoms with Crippen molar-refractivity contribution in [3.05, 3.63) is 0 Å². The summed E-state index contributed by atoms with van der Waals surface area (Å²) in [4.78, 5) is 37.8. The molecule has 1 aliphatic heterocycles. The van der Waals surface area contributed by atoms with E-state index in [2.05, 4.69) is 5.32 Å². The lowest BCUT2D eigenvalue weighted by Gasteiger charge is -2.38. The molecule has 126 valence electrons. The Bertz CT molecular complexity index is 428. The van der Waals surface area contributed by atoms with Gasteiger partial charge in [-0.3, -0.25) is 14.4 Å². The van der Waals surface area contributed by atoms with Crippen LogP contribution in [0.2, 0.25) is 0 Å². The topological polar surface area (TPSA) is 75.7 Å². The van der Waals surface area contributed by atoms with E-state index in [1.165, 1.54) is 7.11 Å². The summed E-state index contributed by atoms with van der Waals surface area (Å²) < 4.78 is 4.81. The number of hydrogen-bond acceptors (Lipinski definition) is 4. The second-order valence-corrected chi connectivity index (χ2v) is 6.92. The smallest absolute Gasteiger partial charge is 0.310 e. The van der Waals surface area contributed by atoms with Crippen molar-refractivity contribution >= 4 is 17.8 Å². The van der Waals surface area contributed by atoms with Crippen molar-refractivity contribution in [1.29, 1.82) is 0 Å². The minimum atomic E-state index is -0.504. The third-order valence-electron chi connectivity index (χ3n) is 3.82. The van der Waals surface area contributed by atoms with Crippen LogP contribution in [0.4, 0.5) is 0 Å². The highest BCUT2D eigenvalue weighted by atomic mass is 16.5. The first-order valence-corrected chi connectivity index (χ1v) is 7.85. The molecule has 6 heteroatoms. The minimum Gasteiger partial charge on any atom is -0.469 e. The summed E-state index contributed by atoms with van der Waals surface area (Å²) in [5.41, 5.74) is -0.504. The maximum atomic E-state index is 12.2. The van der Waals surface area contributed by atoms with Crippen LogP contribution in [0, 0.1) is 11.3 Å². The molecule has 1 saturated heterocycles. The molecular weight excluding hydrogens is 284 g/mol. The molecule has 0 radical (unpaired) electrons. The third-order valence-corrected chi connectivity index (χ3v) is 3.82. The number of likely N-dealkylation sites (tertiary alicyclic amines) is 1. The summed E-state index contributed by atoms with van der Waals surface area (Å²) >= 11 is 0. The van der Waals surface area contributed by atoms with Gasteiger partial charge in [0.15, 0.2) is 0 Å². The van der Waals surface area contributed by atoms with Crippen molar-refractivity contribution < 1.29 is 19.1 Å². The van der Waals surface area contributed by atoms with E-state index >= 15 is 0 Å². The Hall–Kier alpha value is -1.59. The molecule has 0 aliphatic carbocycles. The van der Waals surface area contributed by atoms with Crippen molar-refractivity contribution in [1.82, 2.24) is 10.2 Å². The van der Waals surface area contributed by atoms with Crippen molar-refractivity contribution in [2.45, 2.75) is 53.0 Å². The van der Waals surface area contributed by atoms with E-state index in [4.69, 9.17) is 4.74 Å². The summed E-state index contributed by atoms with van der Waals surface area (Å²) in [6, 6.07) is -0.217. The van der Waals surface area contributed by atoms with Gasteiger partial charge in [0.05, 0.1) is 13.0 Å². The van der Waals surface area contributed by atoms with Crippen LogP contribution in [-0.2, 0) is 19.1 Å². The number of nitrogens with one attached hydrogen (secondary N) is 1. The molecule has 22 heavy (non-hydrogen) atoms. The average molecular weight is 312 g/mol. The number of hydrogen-bond donors (Lipinski definition) is 1. The van der Waals surface area contributed by atoms with Crippen LogP contribution in [-0.4, -0.2) is 48.9 Å². The Morgan fingerprint density at radius 1 is 1.23 bits per heavy atom.